The summed E-state index contributed by atoms with van der Waals surface area (Å²) in [6, 6.07) is 5.23. The van der Waals surface area contributed by atoms with E-state index in [4.69, 9.17) is 0 Å². The Labute approximate surface area is 155 Å². The van der Waals surface area contributed by atoms with Gasteiger partial charge in [-0.05, 0) is 31.0 Å². The fourth-order valence-electron chi connectivity index (χ4n) is 3.07. The molecule has 0 saturated carbocycles. The average Bonchev–Trinajstić information content (AvgIpc) is 3.06. The molecule has 1 fully saturated rings. The quantitative estimate of drug-likeness (QED) is 0.734. The molecule has 1 heterocycles. The van der Waals surface area contributed by atoms with Crippen molar-refractivity contribution in [1.29, 1.82) is 0 Å². The maximum Gasteiger partial charge on any atom is 0.243 e. The Bertz CT molecular complexity index is 864. The fraction of sp³-hybridized carbons (Fsp3) is 0.562. The van der Waals surface area contributed by atoms with Gasteiger partial charge in [0.2, 0.25) is 26.0 Å². The molecular formula is C16H25N3O5S2. The van der Waals surface area contributed by atoms with E-state index in [1.54, 1.807) is 26.0 Å². The van der Waals surface area contributed by atoms with E-state index in [0.29, 0.717) is 38.2 Å². The summed E-state index contributed by atoms with van der Waals surface area (Å²) in [4.78, 5) is 12.6. The largest absolute Gasteiger partial charge is 0.325 e. The first-order valence-corrected chi connectivity index (χ1v) is 11.8. The van der Waals surface area contributed by atoms with E-state index in [-0.39, 0.29) is 4.90 Å². The van der Waals surface area contributed by atoms with E-state index < -0.39 is 32.0 Å². The van der Waals surface area contributed by atoms with Gasteiger partial charge < -0.3 is 5.32 Å². The van der Waals surface area contributed by atoms with Crippen LogP contribution in [0.25, 0.3) is 0 Å². The molecule has 1 aliphatic rings. The van der Waals surface area contributed by atoms with Crippen molar-refractivity contribution in [2.45, 2.75) is 37.6 Å². The molecule has 0 bridgehead atoms. The van der Waals surface area contributed by atoms with Crippen LogP contribution in [0.5, 0.6) is 0 Å². The molecule has 0 unspecified atom stereocenters. The van der Waals surface area contributed by atoms with E-state index in [2.05, 4.69) is 5.32 Å². The molecule has 10 heteroatoms. The van der Waals surface area contributed by atoms with Crippen molar-refractivity contribution >= 4 is 31.6 Å². The normalized spacial score (nSPS) is 19.0. The number of carbonyl (C=O) groups is 1. The number of carbonyl (C=O) groups excluding carboxylic acids is 1. The lowest BCUT2D eigenvalue weighted by atomic mass is 10.2. The summed E-state index contributed by atoms with van der Waals surface area (Å²) in [6.07, 6.45) is 2.13. The first kappa shape index (κ1) is 20.8. The molecule has 146 valence electrons. The second-order valence-corrected chi connectivity index (χ2v) is 10.0. The minimum Gasteiger partial charge on any atom is -0.325 e. The van der Waals surface area contributed by atoms with Gasteiger partial charge >= 0.3 is 0 Å². The minimum atomic E-state index is -3.64. The maximum atomic E-state index is 12.6. The zero-order chi connectivity index (χ0) is 19.5. The molecule has 1 atom stereocenters. The van der Waals surface area contributed by atoms with Crippen LogP contribution in [0.2, 0.25) is 0 Å². The molecule has 0 aromatic heterocycles. The van der Waals surface area contributed by atoms with E-state index in [1.807, 2.05) is 0 Å². The number of nitrogens with zero attached hydrogens (tertiary/aromatic N) is 2. The SMILES string of the molecule is CCN(CC)S(=O)(=O)c1cccc(NC(=O)[C@H]2CCCN2S(C)(=O)=O)c1. The number of nitrogens with one attached hydrogen (secondary N) is 1. The highest BCUT2D eigenvalue weighted by atomic mass is 32.2. The predicted molar refractivity (Wildman–Crippen MR) is 99.8 cm³/mol. The highest BCUT2D eigenvalue weighted by Crippen LogP contribution is 2.23. The topological polar surface area (TPSA) is 104 Å². The van der Waals surface area contributed by atoms with Crippen LogP contribution in [0.3, 0.4) is 0 Å². The summed E-state index contributed by atoms with van der Waals surface area (Å²) in [5.74, 6) is -0.453. The Morgan fingerprint density at radius 2 is 1.88 bits per heavy atom. The fourth-order valence-corrected chi connectivity index (χ4v) is 5.70. The molecule has 8 nitrogen and oxygen atoms in total. The van der Waals surface area contributed by atoms with Crippen LogP contribution in [0.15, 0.2) is 29.2 Å². The zero-order valence-corrected chi connectivity index (χ0v) is 16.8. The average molecular weight is 404 g/mol. The van der Waals surface area contributed by atoms with Gasteiger partial charge in [0.1, 0.15) is 6.04 Å². The monoisotopic (exact) mass is 403 g/mol. The lowest BCUT2D eigenvalue weighted by Crippen LogP contribution is -2.42. The van der Waals surface area contributed by atoms with Crippen molar-refractivity contribution in [3.8, 4) is 0 Å². The number of anilines is 1. The zero-order valence-electron chi connectivity index (χ0n) is 15.2. The maximum absolute atomic E-state index is 12.6. The molecule has 1 aromatic carbocycles. The number of hydrogen-bond donors (Lipinski definition) is 1. The third-order valence-corrected chi connectivity index (χ3v) is 7.71. The van der Waals surface area contributed by atoms with Crippen LogP contribution in [-0.4, -0.2) is 63.3 Å². The first-order valence-electron chi connectivity index (χ1n) is 8.49. The minimum absolute atomic E-state index is 0.0883. The second kappa shape index (κ2) is 8.03. The Hall–Kier alpha value is -1.49. The van der Waals surface area contributed by atoms with Gasteiger partial charge in [0.05, 0.1) is 11.2 Å². The van der Waals surface area contributed by atoms with Gasteiger partial charge in [0.25, 0.3) is 0 Å². The van der Waals surface area contributed by atoms with Crippen molar-refractivity contribution in [2.24, 2.45) is 0 Å². The van der Waals surface area contributed by atoms with Crippen LogP contribution in [-0.2, 0) is 24.8 Å². The summed E-state index contributed by atoms with van der Waals surface area (Å²) in [6.45, 7) is 4.52. The van der Waals surface area contributed by atoms with Crippen LogP contribution < -0.4 is 5.32 Å². The molecule has 1 N–H and O–H groups in total. The molecule has 2 rings (SSSR count). The van der Waals surface area contributed by atoms with E-state index >= 15 is 0 Å². The van der Waals surface area contributed by atoms with Crippen LogP contribution in [0.1, 0.15) is 26.7 Å². The second-order valence-electron chi connectivity index (χ2n) is 6.14. The van der Waals surface area contributed by atoms with Gasteiger partial charge in [-0.1, -0.05) is 19.9 Å². The number of amides is 1. The highest BCUT2D eigenvalue weighted by Gasteiger charge is 2.36. The number of sulfonamides is 2. The van der Waals surface area contributed by atoms with Crippen molar-refractivity contribution in [3.05, 3.63) is 24.3 Å². The third-order valence-electron chi connectivity index (χ3n) is 4.38. The summed E-state index contributed by atoms with van der Waals surface area (Å²) in [5.41, 5.74) is 0.323. The predicted octanol–water partition coefficient (Wildman–Crippen LogP) is 1.08. The first-order chi connectivity index (χ1) is 12.1. The Kier molecular flexibility index (Phi) is 6.43. The van der Waals surface area contributed by atoms with Gasteiger partial charge in [-0.2, -0.15) is 8.61 Å². The number of rotatable bonds is 7. The molecule has 0 radical (unpaired) electrons. The van der Waals surface area contributed by atoms with E-state index in [0.717, 1.165) is 6.26 Å². The Balaban J connectivity index is 2.22. The van der Waals surface area contributed by atoms with Crippen molar-refractivity contribution < 1.29 is 21.6 Å². The van der Waals surface area contributed by atoms with Gasteiger partial charge in [-0.3, -0.25) is 4.79 Å². The molecule has 26 heavy (non-hydrogen) atoms. The molecule has 0 aliphatic carbocycles. The molecule has 1 aromatic rings. The summed E-state index contributed by atoms with van der Waals surface area (Å²) >= 11 is 0. The van der Waals surface area contributed by atoms with Crippen LogP contribution >= 0.6 is 0 Å². The Morgan fingerprint density at radius 3 is 2.46 bits per heavy atom. The summed E-state index contributed by atoms with van der Waals surface area (Å²) < 4.78 is 51.3. The highest BCUT2D eigenvalue weighted by molar-refractivity contribution is 7.89. The van der Waals surface area contributed by atoms with Crippen molar-refractivity contribution in [1.82, 2.24) is 8.61 Å². The lowest BCUT2D eigenvalue weighted by molar-refractivity contribution is -0.119. The standard InChI is InChI=1S/C16H25N3O5S2/c1-4-18(5-2)26(23,24)14-9-6-8-13(12-14)17-16(20)15-10-7-11-19(15)25(3,21)22/h6,8-9,12,15H,4-5,7,10-11H2,1-3H3,(H,17,20)/t15-/m1/s1. The molecule has 1 saturated heterocycles. The van der Waals surface area contributed by atoms with Crippen molar-refractivity contribution in [2.75, 3.05) is 31.2 Å². The van der Waals surface area contributed by atoms with Crippen LogP contribution in [0.4, 0.5) is 5.69 Å². The van der Waals surface area contributed by atoms with Crippen molar-refractivity contribution in [3.63, 3.8) is 0 Å². The van der Waals surface area contributed by atoms with Crippen LogP contribution in [0, 0.1) is 0 Å². The number of benzene rings is 1. The molecular weight excluding hydrogens is 378 g/mol. The third kappa shape index (κ3) is 4.43. The van der Waals surface area contributed by atoms with Gasteiger partial charge in [0.15, 0.2) is 0 Å². The smallest absolute Gasteiger partial charge is 0.243 e. The summed E-state index contributed by atoms with van der Waals surface area (Å²) in [5, 5.41) is 2.65. The molecule has 1 aliphatic heterocycles. The van der Waals surface area contributed by atoms with E-state index in [1.165, 1.54) is 20.7 Å². The lowest BCUT2D eigenvalue weighted by Gasteiger charge is -2.22. The van der Waals surface area contributed by atoms with Gasteiger partial charge in [-0.15, -0.1) is 0 Å². The molecule has 0 spiro atoms. The number of hydrogen-bond acceptors (Lipinski definition) is 5. The van der Waals surface area contributed by atoms with E-state index in [9.17, 15) is 21.6 Å². The Morgan fingerprint density at radius 1 is 1.23 bits per heavy atom. The molecule has 1 amide bonds. The van der Waals surface area contributed by atoms with Gasteiger partial charge in [0, 0.05) is 25.3 Å². The summed E-state index contributed by atoms with van der Waals surface area (Å²) in [7, 11) is -7.11. The van der Waals surface area contributed by atoms with Gasteiger partial charge in [-0.25, -0.2) is 16.8 Å².